The molecular weight excluding hydrogens is 336 g/mol. The van der Waals surface area contributed by atoms with Crippen LogP contribution in [0.3, 0.4) is 0 Å². The summed E-state index contributed by atoms with van der Waals surface area (Å²) in [6.07, 6.45) is 0. The molecule has 2 unspecified atom stereocenters. The van der Waals surface area contributed by atoms with Gasteiger partial charge < -0.3 is 5.11 Å². The van der Waals surface area contributed by atoms with Crippen molar-refractivity contribution < 1.29 is 9.90 Å². The third-order valence-corrected chi connectivity index (χ3v) is 5.20. The first kappa shape index (κ1) is 17.3. The van der Waals surface area contributed by atoms with Crippen LogP contribution in [0.15, 0.2) is 84.9 Å². The van der Waals surface area contributed by atoms with E-state index in [0.717, 1.165) is 11.3 Å². The monoisotopic (exact) mass is 358 g/mol. The predicted octanol–water partition coefficient (Wildman–Crippen LogP) is 4.68. The molecule has 1 N–H and O–H groups in total. The largest absolute Gasteiger partial charge is 0.365 e. The van der Waals surface area contributed by atoms with Crippen LogP contribution in [0.25, 0.3) is 0 Å². The SMILES string of the molecule is Cc1cccc(C2(O)C(C)N(c3ccccc3)C(=O)N2c2ccccc2)c1. The van der Waals surface area contributed by atoms with E-state index in [1.165, 1.54) is 4.90 Å². The minimum atomic E-state index is -1.49. The van der Waals surface area contributed by atoms with Gasteiger partial charge in [-0.2, -0.15) is 0 Å². The molecule has 4 heteroatoms. The summed E-state index contributed by atoms with van der Waals surface area (Å²) in [4.78, 5) is 16.6. The number of carbonyl (C=O) groups is 1. The maximum atomic E-state index is 13.5. The van der Waals surface area contributed by atoms with Gasteiger partial charge in [-0.05, 0) is 38.1 Å². The molecule has 2 atom stereocenters. The Morgan fingerprint density at radius 1 is 0.852 bits per heavy atom. The van der Waals surface area contributed by atoms with Crippen LogP contribution in [-0.2, 0) is 5.72 Å². The molecule has 3 aromatic rings. The highest BCUT2D eigenvalue weighted by molar-refractivity contribution is 6.08. The van der Waals surface area contributed by atoms with E-state index in [-0.39, 0.29) is 6.03 Å². The van der Waals surface area contributed by atoms with Gasteiger partial charge in [0.2, 0.25) is 0 Å². The highest BCUT2D eigenvalue weighted by Crippen LogP contribution is 2.44. The molecule has 1 fully saturated rings. The van der Waals surface area contributed by atoms with Crippen molar-refractivity contribution in [3.63, 3.8) is 0 Å². The summed E-state index contributed by atoms with van der Waals surface area (Å²) in [6, 6.07) is 25.8. The van der Waals surface area contributed by atoms with Crippen molar-refractivity contribution >= 4 is 17.4 Å². The molecule has 3 aromatic carbocycles. The minimum Gasteiger partial charge on any atom is -0.365 e. The Hall–Kier alpha value is -3.11. The van der Waals surface area contributed by atoms with Crippen molar-refractivity contribution in [2.24, 2.45) is 0 Å². The fraction of sp³-hybridized carbons (Fsp3) is 0.174. The lowest BCUT2D eigenvalue weighted by molar-refractivity contribution is 0.0371. The maximum absolute atomic E-state index is 13.5. The summed E-state index contributed by atoms with van der Waals surface area (Å²) in [5.41, 5.74) is 1.67. The molecule has 27 heavy (non-hydrogen) atoms. The van der Waals surface area contributed by atoms with Crippen LogP contribution < -0.4 is 9.80 Å². The van der Waals surface area contributed by atoms with Crippen molar-refractivity contribution in [3.05, 3.63) is 96.1 Å². The van der Waals surface area contributed by atoms with Gasteiger partial charge in [0.25, 0.3) is 0 Å². The summed E-state index contributed by atoms with van der Waals surface area (Å²) in [5.74, 6) is 0. The fourth-order valence-electron chi connectivity index (χ4n) is 3.84. The van der Waals surface area contributed by atoms with E-state index in [1.54, 1.807) is 4.90 Å². The number of hydrogen-bond acceptors (Lipinski definition) is 2. The molecule has 136 valence electrons. The zero-order valence-electron chi connectivity index (χ0n) is 15.4. The van der Waals surface area contributed by atoms with Gasteiger partial charge in [0.1, 0.15) is 0 Å². The van der Waals surface area contributed by atoms with Gasteiger partial charge in [-0.1, -0.05) is 66.2 Å². The van der Waals surface area contributed by atoms with Crippen LogP contribution in [0.5, 0.6) is 0 Å². The maximum Gasteiger partial charge on any atom is 0.332 e. The molecule has 0 radical (unpaired) electrons. The molecule has 1 aliphatic rings. The van der Waals surface area contributed by atoms with Crippen molar-refractivity contribution in [1.29, 1.82) is 0 Å². The number of hydrogen-bond donors (Lipinski definition) is 1. The number of carbonyl (C=O) groups excluding carboxylic acids is 1. The van der Waals surface area contributed by atoms with Gasteiger partial charge in [-0.3, -0.25) is 9.80 Å². The second-order valence-electron chi connectivity index (χ2n) is 6.93. The Balaban J connectivity index is 1.92. The standard InChI is InChI=1S/C23H22N2O2/c1-17-10-9-11-19(16-17)23(27)18(2)24(20-12-5-3-6-13-20)22(26)25(23)21-14-7-4-8-15-21/h3-16,18,27H,1-2H3. The first-order chi connectivity index (χ1) is 13.0. The summed E-state index contributed by atoms with van der Waals surface area (Å²) < 4.78 is 0. The zero-order valence-corrected chi connectivity index (χ0v) is 15.4. The molecular formula is C23H22N2O2. The van der Waals surface area contributed by atoms with Crippen LogP contribution in [0, 0.1) is 6.92 Å². The molecule has 2 amide bonds. The van der Waals surface area contributed by atoms with Gasteiger partial charge in [0.15, 0.2) is 5.72 Å². The van der Waals surface area contributed by atoms with E-state index in [4.69, 9.17) is 0 Å². The van der Waals surface area contributed by atoms with Crippen LogP contribution in [0.4, 0.5) is 16.2 Å². The Labute approximate surface area is 159 Å². The van der Waals surface area contributed by atoms with Crippen molar-refractivity contribution in [2.75, 3.05) is 9.80 Å². The lowest BCUT2D eigenvalue weighted by Crippen LogP contribution is -2.48. The van der Waals surface area contributed by atoms with Crippen LogP contribution in [-0.4, -0.2) is 17.2 Å². The summed E-state index contributed by atoms with van der Waals surface area (Å²) in [7, 11) is 0. The topological polar surface area (TPSA) is 43.8 Å². The molecule has 4 nitrogen and oxygen atoms in total. The smallest absolute Gasteiger partial charge is 0.332 e. The predicted molar refractivity (Wildman–Crippen MR) is 108 cm³/mol. The Kier molecular flexibility index (Phi) is 4.21. The third kappa shape index (κ3) is 2.69. The number of aryl methyl sites for hydroxylation is 1. The van der Waals surface area contributed by atoms with Gasteiger partial charge >= 0.3 is 6.03 Å². The zero-order chi connectivity index (χ0) is 19.0. The highest BCUT2D eigenvalue weighted by Gasteiger charge is 2.56. The number of para-hydroxylation sites is 2. The highest BCUT2D eigenvalue weighted by atomic mass is 16.3. The lowest BCUT2D eigenvalue weighted by atomic mass is 9.93. The molecule has 0 aliphatic carbocycles. The van der Waals surface area contributed by atoms with Gasteiger partial charge in [-0.15, -0.1) is 0 Å². The average Bonchev–Trinajstić information content (AvgIpc) is 2.90. The molecule has 0 spiro atoms. The second kappa shape index (κ2) is 6.56. The van der Waals surface area contributed by atoms with E-state index < -0.39 is 11.8 Å². The Bertz CT molecular complexity index is 958. The summed E-state index contributed by atoms with van der Waals surface area (Å²) in [6.45, 7) is 3.87. The van der Waals surface area contributed by atoms with Crippen molar-refractivity contribution in [3.8, 4) is 0 Å². The van der Waals surface area contributed by atoms with E-state index in [9.17, 15) is 9.90 Å². The van der Waals surface area contributed by atoms with Gasteiger partial charge in [0, 0.05) is 16.9 Å². The number of urea groups is 1. The molecule has 1 heterocycles. The second-order valence-corrected chi connectivity index (χ2v) is 6.93. The van der Waals surface area contributed by atoms with E-state index in [2.05, 4.69) is 0 Å². The number of rotatable bonds is 3. The van der Waals surface area contributed by atoms with Gasteiger partial charge in [-0.25, -0.2) is 4.79 Å². The molecule has 0 saturated carbocycles. The minimum absolute atomic E-state index is 0.246. The molecule has 4 rings (SSSR count). The number of aliphatic hydroxyl groups is 1. The Morgan fingerprint density at radius 3 is 2.04 bits per heavy atom. The van der Waals surface area contributed by atoms with Gasteiger partial charge in [0.05, 0.1) is 6.04 Å². The first-order valence-electron chi connectivity index (χ1n) is 9.06. The fourth-order valence-corrected chi connectivity index (χ4v) is 3.84. The quantitative estimate of drug-likeness (QED) is 0.739. The first-order valence-corrected chi connectivity index (χ1v) is 9.06. The molecule has 0 aromatic heterocycles. The van der Waals surface area contributed by atoms with E-state index in [0.29, 0.717) is 11.3 Å². The van der Waals surface area contributed by atoms with Crippen LogP contribution in [0.2, 0.25) is 0 Å². The Morgan fingerprint density at radius 2 is 1.44 bits per heavy atom. The summed E-state index contributed by atoms with van der Waals surface area (Å²) >= 11 is 0. The number of nitrogens with zero attached hydrogens (tertiary/aromatic N) is 2. The normalized spacial score (nSPS) is 22.3. The molecule has 1 aliphatic heterocycles. The van der Waals surface area contributed by atoms with Crippen LogP contribution >= 0.6 is 0 Å². The van der Waals surface area contributed by atoms with E-state index in [1.807, 2.05) is 98.8 Å². The van der Waals surface area contributed by atoms with Crippen molar-refractivity contribution in [2.45, 2.75) is 25.6 Å². The lowest BCUT2D eigenvalue weighted by Gasteiger charge is -2.35. The third-order valence-electron chi connectivity index (χ3n) is 5.20. The summed E-state index contributed by atoms with van der Waals surface area (Å²) in [5, 5.41) is 11.9. The molecule has 0 bridgehead atoms. The van der Waals surface area contributed by atoms with Crippen LogP contribution in [0.1, 0.15) is 18.1 Å². The average molecular weight is 358 g/mol. The number of anilines is 2. The number of amides is 2. The number of benzene rings is 3. The molecule has 1 saturated heterocycles. The van der Waals surface area contributed by atoms with E-state index >= 15 is 0 Å². The van der Waals surface area contributed by atoms with Crippen molar-refractivity contribution in [1.82, 2.24) is 0 Å².